The van der Waals surface area contributed by atoms with Crippen molar-refractivity contribution < 1.29 is 14.3 Å². The molecule has 2 aromatic rings. The monoisotopic (exact) mass is 340 g/mol. The predicted molar refractivity (Wildman–Crippen MR) is 99.4 cm³/mol. The van der Waals surface area contributed by atoms with E-state index >= 15 is 0 Å². The zero-order valence-electron chi connectivity index (χ0n) is 14.5. The zero-order valence-corrected chi connectivity index (χ0v) is 14.5. The summed E-state index contributed by atoms with van der Waals surface area (Å²) in [6, 6.07) is 17.4. The second-order valence-corrected chi connectivity index (χ2v) is 5.68. The lowest BCUT2D eigenvalue weighted by molar-refractivity contribution is -0.140. The molecule has 5 heteroatoms. The first kappa shape index (κ1) is 18.5. The van der Waals surface area contributed by atoms with Gasteiger partial charge in [-0.1, -0.05) is 55.0 Å². The van der Waals surface area contributed by atoms with E-state index < -0.39 is 0 Å². The van der Waals surface area contributed by atoms with Crippen molar-refractivity contribution in [1.82, 2.24) is 5.32 Å². The summed E-state index contributed by atoms with van der Waals surface area (Å²) >= 11 is 0. The van der Waals surface area contributed by atoms with Gasteiger partial charge in [-0.05, 0) is 24.5 Å². The number of para-hydroxylation sites is 1. The standard InChI is InChI=1S/C20H24N2O3/c1-25-19(23)14-6-3-9-15-21-20(24)22-18-13-8-7-12-17(18)16-10-4-2-5-11-16/h2,4-5,7-8,10-13H,3,6,9,14-15H2,1H3,(H2,21,22,24). The average molecular weight is 340 g/mol. The highest BCUT2D eigenvalue weighted by atomic mass is 16.5. The lowest BCUT2D eigenvalue weighted by atomic mass is 10.0. The molecule has 0 aliphatic heterocycles. The normalized spacial score (nSPS) is 10.1. The van der Waals surface area contributed by atoms with E-state index in [0.29, 0.717) is 13.0 Å². The molecule has 0 heterocycles. The minimum atomic E-state index is -0.226. The molecule has 2 amide bonds. The minimum Gasteiger partial charge on any atom is -0.469 e. The summed E-state index contributed by atoms with van der Waals surface area (Å²) in [5.41, 5.74) is 2.81. The van der Waals surface area contributed by atoms with Crippen LogP contribution in [-0.2, 0) is 9.53 Å². The summed E-state index contributed by atoms with van der Waals surface area (Å²) in [6.45, 7) is 0.570. The molecule has 0 aliphatic carbocycles. The van der Waals surface area contributed by atoms with Crippen molar-refractivity contribution in [3.63, 3.8) is 0 Å². The fourth-order valence-electron chi connectivity index (χ4n) is 2.50. The molecule has 2 N–H and O–H groups in total. The van der Waals surface area contributed by atoms with Crippen LogP contribution >= 0.6 is 0 Å². The zero-order chi connectivity index (χ0) is 17.9. The molecule has 0 bridgehead atoms. The minimum absolute atomic E-state index is 0.191. The lowest BCUT2D eigenvalue weighted by Gasteiger charge is -2.12. The second-order valence-electron chi connectivity index (χ2n) is 5.68. The first-order valence-electron chi connectivity index (χ1n) is 8.47. The van der Waals surface area contributed by atoms with Gasteiger partial charge in [0.25, 0.3) is 0 Å². The maximum atomic E-state index is 12.1. The van der Waals surface area contributed by atoms with Gasteiger partial charge in [-0.3, -0.25) is 4.79 Å². The van der Waals surface area contributed by atoms with E-state index in [9.17, 15) is 9.59 Å². The predicted octanol–water partition coefficient (Wildman–Crippen LogP) is 4.21. The van der Waals surface area contributed by atoms with Crippen molar-refractivity contribution in [2.75, 3.05) is 19.0 Å². The SMILES string of the molecule is COC(=O)CCCCCNC(=O)Nc1ccccc1-c1ccccc1. The number of amides is 2. The Hall–Kier alpha value is -2.82. The summed E-state index contributed by atoms with van der Waals surface area (Å²) in [4.78, 5) is 23.1. The number of nitrogens with one attached hydrogen (secondary N) is 2. The van der Waals surface area contributed by atoms with Crippen LogP contribution in [0.1, 0.15) is 25.7 Å². The van der Waals surface area contributed by atoms with Crippen LogP contribution in [0.4, 0.5) is 10.5 Å². The third-order valence-electron chi connectivity index (χ3n) is 3.83. The molecule has 0 atom stereocenters. The highest BCUT2D eigenvalue weighted by Crippen LogP contribution is 2.27. The van der Waals surface area contributed by atoms with Crippen molar-refractivity contribution in [1.29, 1.82) is 0 Å². The van der Waals surface area contributed by atoms with E-state index in [-0.39, 0.29) is 12.0 Å². The lowest BCUT2D eigenvalue weighted by Crippen LogP contribution is -2.29. The number of benzene rings is 2. The topological polar surface area (TPSA) is 67.4 Å². The summed E-state index contributed by atoms with van der Waals surface area (Å²) in [5, 5.41) is 5.75. The maximum absolute atomic E-state index is 12.1. The van der Waals surface area contributed by atoms with Crippen LogP contribution in [0.3, 0.4) is 0 Å². The molecule has 0 radical (unpaired) electrons. The highest BCUT2D eigenvalue weighted by molar-refractivity contribution is 5.94. The summed E-state index contributed by atoms with van der Waals surface area (Å²) in [7, 11) is 1.39. The van der Waals surface area contributed by atoms with Crippen molar-refractivity contribution in [2.24, 2.45) is 0 Å². The van der Waals surface area contributed by atoms with Gasteiger partial charge in [-0.15, -0.1) is 0 Å². The van der Waals surface area contributed by atoms with Gasteiger partial charge in [0.1, 0.15) is 0 Å². The van der Waals surface area contributed by atoms with Gasteiger partial charge in [-0.2, -0.15) is 0 Å². The van der Waals surface area contributed by atoms with E-state index in [2.05, 4.69) is 15.4 Å². The number of hydrogen-bond acceptors (Lipinski definition) is 3. The van der Waals surface area contributed by atoms with Gasteiger partial charge in [0.05, 0.1) is 12.8 Å². The molecule has 0 aliphatic rings. The van der Waals surface area contributed by atoms with Crippen LogP contribution in [0.25, 0.3) is 11.1 Å². The number of carbonyl (C=O) groups excluding carboxylic acids is 2. The van der Waals surface area contributed by atoms with Crippen molar-refractivity contribution >= 4 is 17.7 Å². The Kier molecular flexibility index (Phi) is 7.50. The molecule has 132 valence electrons. The third kappa shape index (κ3) is 6.30. The summed E-state index contributed by atoms with van der Waals surface area (Å²) in [6.07, 6.45) is 2.89. The van der Waals surface area contributed by atoms with Gasteiger partial charge in [0.2, 0.25) is 0 Å². The number of esters is 1. The van der Waals surface area contributed by atoms with E-state index in [1.165, 1.54) is 7.11 Å². The number of hydrogen-bond donors (Lipinski definition) is 2. The van der Waals surface area contributed by atoms with E-state index in [4.69, 9.17) is 0 Å². The molecule has 0 fully saturated rings. The quantitative estimate of drug-likeness (QED) is 0.559. The Morgan fingerprint density at radius 1 is 0.920 bits per heavy atom. The Morgan fingerprint density at radius 2 is 1.64 bits per heavy atom. The fourth-order valence-corrected chi connectivity index (χ4v) is 2.50. The van der Waals surface area contributed by atoms with Crippen LogP contribution < -0.4 is 10.6 Å². The number of unbranched alkanes of at least 4 members (excludes halogenated alkanes) is 2. The molecule has 0 spiro atoms. The Bertz CT molecular complexity index is 686. The summed E-state index contributed by atoms with van der Waals surface area (Å²) in [5.74, 6) is -0.191. The van der Waals surface area contributed by atoms with Crippen LogP contribution in [-0.4, -0.2) is 25.7 Å². The average Bonchev–Trinajstić information content (AvgIpc) is 2.65. The summed E-state index contributed by atoms with van der Waals surface area (Å²) < 4.78 is 4.59. The van der Waals surface area contributed by atoms with Crippen LogP contribution in [0, 0.1) is 0 Å². The van der Waals surface area contributed by atoms with Crippen molar-refractivity contribution in [3.05, 3.63) is 54.6 Å². The second kappa shape index (κ2) is 10.1. The van der Waals surface area contributed by atoms with Gasteiger partial charge in [0, 0.05) is 18.5 Å². The number of anilines is 1. The Labute approximate surface area is 148 Å². The Balaban J connectivity index is 1.79. The van der Waals surface area contributed by atoms with Crippen LogP contribution in [0.5, 0.6) is 0 Å². The number of carbonyl (C=O) groups is 2. The van der Waals surface area contributed by atoms with Crippen molar-refractivity contribution in [3.8, 4) is 11.1 Å². The van der Waals surface area contributed by atoms with Crippen LogP contribution in [0.2, 0.25) is 0 Å². The first-order valence-corrected chi connectivity index (χ1v) is 8.47. The number of rotatable bonds is 8. The van der Waals surface area contributed by atoms with Gasteiger partial charge in [0.15, 0.2) is 0 Å². The largest absolute Gasteiger partial charge is 0.469 e. The molecule has 0 saturated heterocycles. The smallest absolute Gasteiger partial charge is 0.319 e. The number of urea groups is 1. The number of methoxy groups -OCH3 is 1. The van der Waals surface area contributed by atoms with E-state index in [1.54, 1.807) is 0 Å². The molecule has 0 aromatic heterocycles. The van der Waals surface area contributed by atoms with Gasteiger partial charge < -0.3 is 15.4 Å². The molecule has 0 unspecified atom stereocenters. The van der Waals surface area contributed by atoms with Crippen molar-refractivity contribution in [2.45, 2.75) is 25.7 Å². The molecule has 2 rings (SSSR count). The van der Waals surface area contributed by atoms with Gasteiger partial charge in [-0.25, -0.2) is 4.79 Å². The molecule has 5 nitrogen and oxygen atoms in total. The molecular weight excluding hydrogens is 316 g/mol. The Morgan fingerprint density at radius 3 is 2.40 bits per heavy atom. The molecule has 0 saturated carbocycles. The number of ether oxygens (including phenoxy) is 1. The highest BCUT2D eigenvalue weighted by Gasteiger charge is 2.07. The van der Waals surface area contributed by atoms with Crippen LogP contribution in [0.15, 0.2) is 54.6 Å². The van der Waals surface area contributed by atoms with E-state index in [0.717, 1.165) is 36.1 Å². The maximum Gasteiger partial charge on any atom is 0.319 e. The fraction of sp³-hybridized carbons (Fsp3) is 0.300. The third-order valence-corrected chi connectivity index (χ3v) is 3.83. The molecule has 2 aromatic carbocycles. The molecular formula is C20H24N2O3. The first-order chi connectivity index (χ1) is 12.2. The van der Waals surface area contributed by atoms with E-state index in [1.807, 2.05) is 54.6 Å². The van der Waals surface area contributed by atoms with Gasteiger partial charge >= 0.3 is 12.0 Å². The molecule has 25 heavy (non-hydrogen) atoms.